The average Bonchev–Trinajstić information content (AvgIpc) is 2.95. The van der Waals surface area contributed by atoms with Gasteiger partial charge in [0.1, 0.15) is 0 Å². The molecule has 172 valence electrons. The van der Waals surface area contributed by atoms with Crippen LogP contribution in [0.25, 0.3) is 11.2 Å². The number of hydrogen-bond donors (Lipinski definition) is 1. The van der Waals surface area contributed by atoms with Crippen LogP contribution in [0.1, 0.15) is 32.1 Å². The molecule has 0 bridgehead atoms. The number of nitrogens with one attached hydrogen (secondary N) is 1. The van der Waals surface area contributed by atoms with Crippen molar-refractivity contribution in [3.8, 4) is 0 Å². The highest BCUT2D eigenvalue weighted by molar-refractivity contribution is 5.85. The third-order valence-corrected chi connectivity index (χ3v) is 5.88. The Morgan fingerprint density at radius 3 is 2.61 bits per heavy atom. The number of hydrogen-bond acceptors (Lipinski definition) is 7. The molecular formula is C20H32ClN7O3. The van der Waals surface area contributed by atoms with Gasteiger partial charge in [0.15, 0.2) is 11.2 Å². The van der Waals surface area contributed by atoms with Crippen LogP contribution in [0.15, 0.2) is 14.6 Å². The summed E-state index contributed by atoms with van der Waals surface area (Å²) in [6.45, 7) is 5.01. The minimum Gasteiger partial charge on any atom is -0.378 e. The molecule has 0 aliphatic carbocycles. The molecule has 10 nitrogen and oxygen atoms in total. The van der Waals surface area contributed by atoms with E-state index in [2.05, 4.69) is 15.2 Å². The summed E-state index contributed by atoms with van der Waals surface area (Å²) in [5.41, 5.74) is 0.249. The second-order valence-corrected chi connectivity index (χ2v) is 7.96. The fourth-order valence-electron chi connectivity index (χ4n) is 4.14. The first-order chi connectivity index (χ1) is 14.6. The van der Waals surface area contributed by atoms with E-state index in [1.165, 1.54) is 24.5 Å². The van der Waals surface area contributed by atoms with E-state index >= 15 is 0 Å². The average molecular weight is 454 g/mol. The SMILES string of the molecule is Cl.Cn1c(=O)c2c(nc(N3CCOCC3)n2CCCNC2=NCCCCC2)n(C)c1=O. The molecule has 2 aromatic heterocycles. The summed E-state index contributed by atoms with van der Waals surface area (Å²) in [6, 6.07) is 0. The summed E-state index contributed by atoms with van der Waals surface area (Å²) >= 11 is 0. The number of rotatable bonds is 5. The summed E-state index contributed by atoms with van der Waals surface area (Å²) in [5.74, 6) is 1.83. The number of ether oxygens (including phenoxy) is 1. The summed E-state index contributed by atoms with van der Waals surface area (Å²) in [7, 11) is 3.18. The number of morpholine rings is 1. The summed E-state index contributed by atoms with van der Waals surface area (Å²) in [6.07, 6.45) is 5.42. The summed E-state index contributed by atoms with van der Waals surface area (Å²) in [4.78, 5) is 36.8. The molecule has 0 atom stereocenters. The molecule has 2 aromatic rings. The molecule has 4 heterocycles. The van der Waals surface area contributed by atoms with Gasteiger partial charge in [-0.1, -0.05) is 6.42 Å². The van der Waals surface area contributed by atoms with Crippen LogP contribution in [0.2, 0.25) is 0 Å². The quantitative estimate of drug-likeness (QED) is 0.667. The fourth-order valence-corrected chi connectivity index (χ4v) is 4.14. The van der Waals surface area contributed by atoms with Crippen molar-refractivity contribution in [2.24, 2.45) is 19.1 Å². The Kier molecular flexibility index (Phi) is 7.77. The van der Waals surface area contributed by atoms with Gasteiger partial charge in [-0.3, -0.25) is 18.9 Å². The molecule has 0 radical (unpaired) electrons. The highest BCUT2D eigenvalue weighted by atomic mass is 35.5. The number of amidine groups is 1. The minimum absolute atomic E-state index is 0. The van der Waals surface area contributed by atoms with E-state index in [-0.39, 0.29) is 23.7 Å². The monoisotopic (exact) mass is 453 g/mol. The van der Waals surface area contributed by atoms with Crippen LogP contribution in [0.4, 0.5) is 5.95 Å². The molecule has 31 heavy (non-hydrogen) atoms. The predicted octanol–water partition coefficient (Wildman–Crippen LogP) is 0.644. The van der Waals surface area contributed by atoms with Crippen LogP contribution < -0.4 is 21.5 Å². The first-order valence-corrected chi connectivity index (χ1v) is 10.8. The molecule has 0 spiro atoms. The highest BCUT2D eigenvalue weighted by Crippen LogP contribution is 2.21. The molecule has 4 rings (SSSR count). The number of aromatic nitrogens is 4. The van der Waals surface area contributed by atoms with Crippen LogP contribution in [-0.4, -0.2) is 63.9 Å². The van der Waals surface area contributed by atoms with Gasteiger partial charge >= 0.3 is 5.69 Å². The Balaban J connectivity index is 0.00000272. The summed E-state index contributed by atoms with van der Waals surface area (Å²) in [5, 5.41) is 3.46. The second-order valence-electron chi connectivity index (χ2n) is 7.96. The Bertz CT molecular complexity index is 1050. The maximum atomic E-state index is 12.9. The number of aliphatic imine (C=N–C) groups is 1. The second kappa shape index (κ2) is 10.3. The Morgan fingerprint density at radius 2 is 1.84 bits per heavy atom. The van der Waals surface area contributed by atoms with E-state index in [1.54, 1.807) is 7.05 Å². The van der Waals surface area contributed by atoms with Crippen molar-refractivity contribution in [3.63, 3.8) is 0 Å². The van der Waals surface area contributed by atoms with Gasteiger partial charge in [-0.15, -0.1) is 12.4 Å². The van der Waals surface area contributed by atoms with Crippen LogP contribution in [0, 0.1) is 0 Å². The lowest BCUT2D eigenvalue weighted by Gasteiger charge is -2.28. The summed E-state index contributed by atoms with van der Waals surface area (Å²) < 4.78 is 10.1. The molecule has 2 aliphatic heterocycles. The van der Waals surface area contributed by atoms with Gasteiger partial charge in [-0.2, -0.15) is 4.98 Å². The number of fused-ring (bicyclic) bond motifs is 1. The minimum atomic E-state index is -0.362. The lowest BCUT2D eigenvalue weighted by atomic mass is 10.2. The van der Waals surface area contributed by atoms with E-state index in [4.69, 9.17) is 9.72 Å². The van der Waals surface area contributed by atoms with Gasteiger partial charge in [0, 0.05) is 53.2 Å². The first-order valence-electron chi connectivity index (χ1n) is 10.8. The van der Waals surface area contributed by atoms with Crippen LogP contribution in [0.3, 0.4) is 0 Å². The number of aryl methyl sites for hydroxylation is 2. The van der Waals surface area contributed by atoms with E-state index in [1.807, 2.05) is 4.57 Å². The third-order valence-electron chi connectivity index (χ3n) is 5.88. The number of nitrogens with zero attached hydrogens (tertiary/aromatic N) is 6. The number of imidazole rings is 1. The number of anilines is 1. The maximum Gasteiger partial charge on any atom is 0.332 e. The van der Waals surface area contributed by atoms with Gasteiger partial charge in [0.2, 0.25) is 5.95 Å². The van der Waals surface area contributed by atoms with Gasteiger partial charge in [0.05, 0.1) is 19.0 Å². The molecule has 0 saturated carbocycles. The van der Waals surface area contributed by atoms with Gasteiger partial charge in [-0.05, 0) is 19.3 Å². The van der Waals surface area contributed by atoms with Crippen LogP contribution >= 0.6 is 12.4 Å². The van der Waals surface area contributed by atoms with Crippen molar-refractivity contribution in [2.75, 3.05) is 44.3 Å². The standard InChI is InChI=1S/C20H31N7O3.ClH/c1-24-17-16(18(28)25(2)20(24)29)27(19(23-17)26-11-13-30-14-12-26)10-6-9-22-15-7-4-3-5-8-21-15;/h3-14H2,1-2H3,(H,21,22);1H. The predicted molar refractivity (Wildman–Crippen MR) is 124 cm³/mol. The van der Waals surface area contributed by atoms with Crippen LogP contribution in [-0.2, 0) is 25.4 Å². The molecule has 0 unspecified atom stereocenters. The number of halogens is 1. The van der Waals surface area contributed by atoms with Crippen molar-refractivity contribution >= 4 is 35.4 Å². The lowest BCUT2D eigenvalue weighted by molar-refractivity contribution is 0.121. The van der Waals surface area contributed by atoms with Crippen molar-refractivity contribution in [1.29, 1.82) is 0 Å². The van der Waals surface area contributed by atoms with E-state index < -0.39 is 0 Å². The Hall–Kier alpha value is -2.33. The zero-order valence-electron chi connectivity index (χ0n) is 18.3. The molecule has 11 heteroatoms. The molecule has 1 fully saturated rings. The fraction of sp³-hybridized carbons (Fsp3) is 0.700. The van der Waals surface area contributed by atoms with Crippen LogP contribution in [0.5, 0.6) is 0 Å². The molecule has 2 aliphatic rings. The van der Waals surface area contributed by atoms with Crippen molar-refractivity contribution in [2.45, 2.75) is 38.6 Å². The van der Waals surface area contributed by atoms with Crippen molar-refractivity contribution in [1.82, 2.24) is 24.0 Å². The Labute approximate surface area is 187 Å². The van der Waals surface area contributed by atoms with Gasteiger partial charge in [0.25, 0.3) is 5.56 Å². The maximum absolute atomic E-state index is 12.9. The molecule has 0 amide bonds. The lowest BCUT2D eigenvalue weighted by Crippen LogP contribution is -2.39. The van der Waals surface area contributed by atoms with Gasteiger partial charge in [-0.25, -0.2) is 4.79 Å². The molecule has 0 aromatic carbocycles. The topological polar surface area (TPSA) is 98.7 Å². The van der Waals surface area contributed by atoms with Crippen molar-refractivity contribution in [3.05, 3.63) is 20.8 Å². The zero-order valence-corrected chi connectivity index (χ0v) is 19.1. The first kappa shape index (κ1) is 23.3. The molecule has 1 N–H and O–H groups in total. The largest absolute Gasteiger partial charge is 0.378 e. The molecule has 1 saturated heterocycles. The van der Waals surface area contributed by atoms with E-state index in [9.17, 15) is 9.59 Å². The van der Waals surface area contributed by atoms with E-state index in [0.29, 0.717) is 44.0 Å². The highest BCUT2D eigenvalue weighted by Gasteiger charge is 2.23. The normalized spacial score (nSPS) is 17.2. The third kappa shape index (κ3) is 4.79. The molecular weight excluding hydrogens is 422 g/mol. The Morgan fingerprint density at radius 1 is 1.06 bits per heavy atom. The smallest absolute Gasteiger partial charge is 0.332 e. The van der Waals surface area contributed by atoms with Crippen molar-refractivity contribution < 1.29 is 4.74 Å². The van der Waals surface area contributed by atoms with Gasteiger partial charge < -0.3 is 19.5 Å². The zero-order chi connectivity index (χ0) is 21.1. The van der Waals surface area contributed by atoms with E-state index in [0.717, 1.165) is 48.7 Å².